The van der Waals surface area contributed by atoms with Crippen LogP contribution in [0.2, 0.25) is 0 Å². The van der Waals surface area contributed by atoms with Gasteiger partial charge in [-0.3, -0.25) is 4.79 Å². The Bertz CT molecular complexity index is 949. The lowest BCUT2D eigenvalue weighted by molar-refractivity contribution is -0.113. The summed E-state index contributed by atoms with van der Waals surface area (Å²) in [6, 6.07) is 13.6. The number of amides is 1. The third kappa shape index (κ3) is 3.91. The van der Waals surface area contributed by atoms with E-state index in [1.807, 2.05) is 55.5 Å². The molecule has 1 heterocycles. The summed E-state index contributed by atoms with van der Waals surface area (Å²) < 4.78 is 7.37. The van der Waals surface area contributed by atoms with Crippen LogP contribution in [0.15, 0.2) is 60.3 Å². The topological polar surface area (TPSA) is 56.2 Å². The van der Waals surface area contributed by atoms with Crippen LogP contribution in [0.3, 0.4) is 0 Å². The van der Waals surface area contributed by atoms with Crippen molar-refractivity contribution < 1.29 is 9.53 Å². The smallest absolute Gasteiger partial charge is 0.234 e. The summed E-state index contributed by atoms with van der Waals surface area (Å²) in [4.78, 5) is 17.0. The van der Waals surface area contributed by atoms with Crippen molar-refractivity contribution in [3.05, 3.63) is 60.7 Å². The number of carbonyl (C=O) groups excluding carboxylic acids is 1. The molecule has 0 saturated heterocycles. The Labute approximate surface area is 157 Å². The molecule has 2 aromatic carbocycles. The molecule has 0 aliphatic rings. The number of methoxy groups -OCH3 is 1. The first-order chi connectivity index (χ1) is 12.6. The molecule has 0 aliphatic carbocycles. The lowest BCUT2D eigenvalue weighted by atomic mass is 10.2. The average Bonchev–Trinajstić information content (AvgIpc) is 2.98. The summed E-state index contributed by atoms with van der Waals surface area (Å²) in [7, 11) is 1.59. The van der Waals surface area contributed by atoms with Crippen LogP contribution in [0.1, 0.15) is 5.56 Å². The van der Waals surface area contributed by atoms with Gasteiger partial charge in [0.2, 0.25) is 5.91 Å². The molecule has 1 N–H and O–H groups in total. The predicted molar refractivity (Wildman–Crippen MR) is 107 cm³/mol. The Balaban J connectivity index is 1.74. The highest BCUT2D eigenvalue weighted by Crippen LogP contribution is 2.27. The number of imidazole rings is 1. The van der Waals surface area contributed by atoms with Crippen molar-refractivity contribution in [2.75, 3.05) is 18.2 Å². The Kier molecular flexibility index (Phi) is 5.63. The number of ether oxygens (including phenoxy) is 1. The fraction of sp³-hybridized carbons (Fsp3) is 0.200. The average molecular weight is 367 g/mol. The van der Waals surface area contributed by atoms with Crippen molar-refractivity contribution >= 4 is 34.4 Å². The van der Waals surface area contributed by atoms with Crippen LogP contribution in [-0.2, 0) is 11.3 Å². The van der Waals surface area contributed by atoms with Gasteiger partial charge >= 0.3 is 0 Å². The lowest BCUT2D eigenvalue weighted by Gasteiger charge is -2.11. The maximum atomic E-state index is 12.4. The number of hydrogen-bond donors (Lipinski definition) is 1. The van der Waals surface area contributed by atoms with E-state index in [1.165, 1.54) is 11.8 Å². The lowest BCUT2D eigenvalue weighted by Crippen LogP contribution is -2.15. The van der Waals surface area contributed by atoms with Crippen molar-refractivity contribution in [3.63, 3.8) is 0 Å². The zero-order valence-corrected chi connectivity index (χ0v) is 15.7. The minimum atomic E-state index is -0.101. The fourth-order valence-electron chi connectivity index (χ4n) is 2.71. The first-order valence-corrected chi connectivity index (χ1v) is 9.24. The number of carbonyl (C=O) groups is 1. The Morgan fingerprint density at radius 2 is 2.15 bits per heavy atom. The first-order valence-electron chi connectivity index (χ1n) is 8.26. The summed E-state index contributed by atoms with van der Waals surface area (Å²) in [5.41, 5.74) is 3.69. The van der Waals surface area contributed by atoms with Gasteiger partial charge in [0.25, 0.3) is 0 Å². The highest BCUT2D eigenvalue weighted by molar-refractivity contribution is 7.99. The maximum Gasteiger partial charge on any atom is 0.234 e. The molecule has 0 fully saturated rings. The van der Waals surface area contributed by atoms with Crippen molar-refractivity contribution in [1.29, 1.82) is 0 Å². The van der Waals surface area contributed by atoms with Crippen LogP contribution in [0.4, 0.5) is 5.69 Å². The van der Waals surface area contributed by atoms with Crippen molar-refractivity contribution in [1.82, 2.24) is 9.55 Å². The van der Waals surface area contributed by atoms with Gasteiger partial charge in [-0.2, -0.15) is 0 Å². The summed E-state index contributed by atoms with van der Waals surface area (Å²) in [6.45, 7) is 6.43. The first kappa shape index (κ1) is 18.1. The van der Waals surface area contributed by atoms with Crippen LogP contribution in [0, 0.1) is 6.92 Å². The molecule has 0 saturated carbocycles. The molecule has 1 amide bonds. The number of anilines is 1. The minimum Gasteiger partial charge on any atom is -0.495 e. The van der Waals surface area contributed by atoms with Crippen LogP contribution in [0.5, 0.6) is 5.75 Å². The molecule has 0 bridgehead atoms. The van der Waals surface area contributed by atoms with E-state index in [9.17, 15) is 4.79 Å². The van der Waals surface area contributed by atoms with E-state index in [4.69, 9.17) is 4.74 Å². The number of aryl methyl sites for hydroxylation is 1. The van der Waals surface area contributed by atoms with Gasteiger partial charge in [0.15, 0.2) is 5.16 Å². The second-order valence-electron chi connectivity index (χ2n) is 5.82. The van der Waals surface area contributed by atoms with E-state index in [-0.39, 0.29) is 11.7 Å². The second kappa shape index (κ2) is 8.10. The van der Waals surface area contributed by atoms with E-state index in [1.54, 1.807) is 7.11 Å². The van der Waals surface area contributed by atoms with E-state index in [2.05, 4.69) is 21.4 Å². The molecular formula is C20H21N3O2S. The van der Waals surface area contributed by atoms with Crippen LogP contribution in [-0.4, -0.2) is 28.3 Å². The number of para-hydroxylation sites is 2. The van der Waals surface area contributed by atoms with E-state index in [0.29, 0.717) is 18.0 Å². The van der Waals surface area contributed by atoms with Gasteiger partial charge in [-0.05, 0) is 36.8 Å². The third-order valence-electron chi connectivity index (χ3n) is 3.89. The molecule has 6 heteroatoms. The zero-order valence-electron chi connectivity index (χ0n) is 14.9. The van der Waals surface area contributed by atoms with Gasteiger partial charge in [0.1, 0.15) is 5.75 Å². The zero-order chi connectivity index (χ0) is 18.5. The largest absolute Gasteiger partial charge is 0.495 e. The van der Waals surface area contributed by atoms with Gasteiger partial charge in [0.05, 0.1) is 29.6 Å². The number of benzene rings is 2. The van der Waals surface area contributed by atoms with Gasteiger partial charge in [0, 0.05) is 6.54 Å². The Morgan fingerprint density at radius 1 is 1.35 bits per heavy atom. The van der Waals surface area contributed by atoms with E-state index in [0.717, 1.165) is 21.8 Å². The molecule has 5 nitrogen and oxygen atoms in total. The normalized spacial score (nSPS) is 10.7. The molecule has 26 heavy (non-hydrogen) atoms. The van der Waals surface area contributed by atoms with Crippen LogP contribution >= 0.6 is 11.8 Å². The number of hydrogen-bond acceptors (Lipinski definition) is 4. The molecule has 134 valence electrons. The SMILES string of the molecule is C=CCn1c(SCC(=O)Nc2cc(C)ccc2OC)nc2ccccc21. The number of fused-ring (bicyclic) bond motifs is 1. The maximum absolute atomic E-state index is 12.4. The number of rotatable bonds is 7. The number of nitrogens with zero attached hydrogens (tertiary/aromatic N) is 2. The van der Waals surface area contributed by atoms with Gasteiger partial charge in [-0.15, -0.1) is 6.58 Å². The second-order valence-corrected chi connectivity index (χ2v) is 6.77. The predicted octanol–water partition coefficient (Wildman–Crippen LogP) is 4.27. The molecule has 3 aromatic rings. The highest BCUT2D eigenvalue weighted by Gasteiger charge is 2.13. The van der Waals surface area contributed by atoms with Crippen molar-refractivity contribution in [2.24, 2.45) is 0 Å². The number of aromatic nitrogens is 2. The monoisotopic (exact) mass is 367 g/mol. The Hall–Kier alpha value is -2.73. The standard InChI is InChI=1S/C20H21N3O2S/c1-4-11-23-17-8-6-5-7-15(17)22-20(23)26-13-19(24)21-16-12-14(2)9-10-18(16)25-3/h4-10,12H,1,11,13H2,2-3H3,(H,21,24). The molecule has 0 unspecified atom stereocenters. The summed E-state index contributed by atoms with van der Waals surface area (Å²) in [5, 5.41) is 3.72. The summed E-state index contributed by atoms with van der Waals surface area (Å²) in [5.74, 6) is 0.807. The quantitative estimate of drug-likeness (QED) is 0.500. The van der Waals surface area contributed by atoms with Gasteiger partial charge in [-0.25, -0.2) is 4.98 Å². The van der Waals surface area contributed by atoms with Crippen molar-refractivity contribution in [3.8, 4) is 5.75 Å². The van der Waals surface area contributed by atoms with Gasteiger partial charge < -0.3 is 14.6 Å². The fourth-order valence-corrected chi connectivity index (χ4v) is 3.53. The minimum absolute atomic E-state index is 0.101. The molecule has 3 rings (SSSR count). The number of allylic oxidation sites excluding steroid dienone is 1. The third-order valence-corrected chi connectivity index (χ3v) is 4.87. The molecule has 0 atom stereocenters. The summed E-state index contributed by atoms with van der Waals surface area (Å²) >= 11 is 1.41. The number of thioether (sulfide) groups is 1. The molecule has 0 spiro atoms. The molecular weight excluding hydrogens is 346 g/mol. The van der Waals surface area contributed by atoms with E-state index < -0.39 is 0 Å². The molecule has 0 radical (unpaired) electrons. The van der Waals surface area contributed by atoms with Gasteiger partial charge in [-0.1, -0.05) is 36.0 Å². The van der Waals surface area contributed by atoms with Crippen LogP contribution < -0.4 is 10.1 Å². The highest BCUT2D eigenvalue weighted by atomic mass is 32.2. The van der Waals surface area contributed by atoms with Crippen LogP contribution in [0.25, 0.3) is 11.0 Å². The Morgan fingerprint density at radius 3 is 2.92 bits per heavy atom. The summed E-state index contributed by atoms with van der Waals surface area (Å²) in [6.07, 6.45) is 1.83. The molecule has 1 aromatic heterocycles. The van der Waals surface area contributed by atoms with Crippen molar-refractivity contribution in [2.45, 2.75) is 18.6 Å². The number of nitrogens with one attached hydrogen (secondary N) is 1. The molecule has 0 aliphatic heterocycles. The van der Waals surface area contributed by atoms with E-state index >= 15 is 0 Å².